The second-order valence-corrected chi connectivity index (χ2v) is 9.46. The smallest absolute Gasteiger partial charge is 0.550 e. The number of carboxylic acids is 2. The Hall–Kier alpha value is -1.27. The summed E-state index contributed by atoms with van der Waals surface area (Å²) in [6.45, 7) is 5.55. The molecule has 0 heterocycles. The van der Waals surface area contributed by atoms with Gasteiger partial charge in [-0.1, -0.05) is 39.0 Å². The first kappa shape index (κ1) is 34.7. The Morgan fingerprint density at radius 2 is 1.86 bits per heavy atom. The molecule has 11 heteroatoms. The monoisotopic (exact) mass is 521 g/mol. The molecule has 10 nitrogen and oxygen atoms in total. The van der Waals surface area contributed by atoms with Gasteiger partial charge in [-0.05, 0) is 43.1 Å². The van der Waals surface area contributed by atoms with Gasteiger partial charge in [-0.2, -0.15) is 0 Å². The van der Waals surface area contributed by atoms with Crippen LogP contribution in [0.4, 0.5) is 0 Å². The van der Waals surface area contributed by atoms with Crippen LogP contribution < -0.4 is 40.4 Å². The van der Waals surface area contributed by atoms with E-state index in [-0.39, 0.29) is 72.2 Å². The van der Waals surface area contributed by atoms with Crippen molar-refractivity contribution in [3.8, 4) is 0 Å². The van der Waals surface area contributed by atoms with Crippen LogP contribution >= 0.6 is 0 Å². The van der Waals surface area contributed by atoms with Gasteiger partial charge in [0, 0.05) is 24.7 Å². The number of ether oxygens (including phenoxy) is 1. The molecule has 2 aliphatic rings. The SMILES string of the molecule is CC[C@H](C)C(=O)O[C@H]1C[C@H](O)C=C2C=C[C@H](C)[C@H](CC[C@@H](O)C[C@@H](O)CC(=O)[O-])[C@H]21.NCC(=O)O.[Na+]. The Morgan fingerprint density at radius 1 is 1.25 bits per heavy atom. The van der Waals surface area contributed by atoms with Crippen LogP contribution in [0, 0.1) is 23.7 Å². The van der Waals surface area contributed by atoms with Crippen molar-refractivity contribution < 1.29 is 74.2 Å². The van der Waals surface area contributed by atoms with Gasteiger partial charge in [0.15, 0.2) is 0 Å². The Kier molecular flexibility index (Phi) is 16.7. The molecule has 0 spiro atoms. The van der Waals surface area contributed by atoms with Crippen LogP contribution in [-0.2, 0) is 19.1 Å². The van der Waals surface area contributed by atoms with Crippen LogP contribution in [-0.4, -0.2) is 69.3 Å². The summed E-state index contributed by atoms with van der Waals surface area (Å²) in [5.74, 6) is -2.57. The average molecular weight is 522 g/mol. The third kappa shape index (κ3) is 11.9. The van der Waals surface area contributed by atoms with Gasteiger partial charge in [-0.3, -0.25) is 9.59 Å². The molecule has 36 heavy (non-hydrogen) atoms. The Bertz CT molecular complexity index is 773. The first-order valence-corrected chi connectivity index (χ1v) is 12.2. The average Bonchev–Trinajstić information content (AvgIpc) is 2.77. The molecule has 0 aromatic rings. The molecule has 0 aromatic heterocycles. The summed E-state index contributed by atoms with van der Waals surface area (Å²) in [4.78, 5) is 32.3. The number of nitrogens with two attached hydrogens (primary N) is 1. The standard InChI is InChI=1S/C23H36O7.C2H5NO2.Na/c1-4-13(2)23(29)30-20-11-17(25)9-15-6-5-14(3)19(22(15)20)8-7-16(24)10-18(26)12-21(27)28;3-1-2(4)5;/h5-6,9,13-14,16-20,22,24-26H,4,7-8,10-12H2,1-3H3,(H,27,28);1,3H2,(H,4,5);/q;;+1/p-1/t13-,14-,16+,17+,18+,19-,20-,22-;;/m0../s1. The molecule has 2 rings (SSSR count). The van der Waals surface area contributed by atoms with Gasteiger partial charge >= 0.3 is 41.5 Å². The fourth-order valence-electron chi connectivity index (χ4n) is 4.51. The zero-order chi connectivity index (χ0) is 26.7. The zero-order valence-electron chi connectivity index (χ0n) is 21.7. The maximum absolute atomic E-state index is 12.4. The topological polar surface area (TPSA) is 190 Å². The van der Waals surface area contributed by atoms with Crippen LogP contribution in [0.3, 0.4) is 0 Å². The molecule has 6 N–H and O–H groups in total. The van der Waals surface area contributed by atoms with Gasteiger partial charge in [-0.15, -0.1) is 0 Å². The summed E-state index contributed by atoms with van der Waals surface area (Å²) in [5.41, 5.74) is 5.52. The number of carbonyl (C=O) groups is 3. The number of carboxylic acid groups (broad SMARTS) is 2. The molecule has 0 amide bonds. The number of allylic oxidation sites excluding steroid dienone is 2. The third-order valence-electron chi connectivity index (χ3n) is 6.61. The molecule has 200 valence electrons. The maximum atomic E-state index is 12.4. The second kappa shape index (κ2) is 17.3. The largest absolute Gasteiger partial charge is 1.00 e. The summed E-state index contributed by atoms with van der Waals surface area (Å²) >= 11 is 0. The van der Waals surface area contributed by atoms with Gasteiger partial charge in [-0.25, -0.2) is 0 Å². The van der Waals surface area contributed by atoms with E-state index in [9.17, 15) is 34.8 Å². The van der Waals surface area contributed by atoms with E-state index in [2.05, 4.69) is 18.7 Å². The molecule has 8 atom stereocenters. The number of aliphatic hydroxyl groups is 3. The summed E-state index contributed by atoms with van der Waals surface area (Å²) in [6.07, 6.45) is 4.31. The van der Waals surface area contributed by atoms with Crippen molar-refractivity contribution in [2.45, 2.75) is 83.7 Å². The van der Waals surface area contributed by atoms with Crippen molar-refractivity contribution in [1.82, 2.24) is 0 Å². The minimum absolute atomic E-state index is 0. The molecule has 0 radical (unpaired) electrons. The van der Waals surface area contributed by atoms with Crippen molar-refractivity contribution in [3.05, 3.63) is 23.8 Å². The quantitative estimate of drug-likeness (QED) is 0.140. The maximum Gasteiger partial charge on any atom is 1.00 e. The van der Waals surface area contributed by atoms with Gasteiger partial charge < -0.3 is 40.8 Å². The van der Waals surface area contributed by atoms with Gasteiger partial charge in [0.05, 0.1) is 30.8 Å². The zero-order valence-corrected chi connectivity index (χ0v) is 23.7. The normalized spacial score (nSPS) is 27.1. The van der Waals surface area contributed by atoms with Crippen molar-refractivity contribution in [2.24, 2.45) is 29.4 Å². The Balaban J connectivity index is 0.00000185. The molecular formula is C25H40NNaO9. The molecule has 0 saturated heterocycles. The first-order valence-electron chi connectivity index (χ1n) is 12.2. The van der Waals surface area contributed by atoms with Crippen molar-refractivity contribution in [3.63, 3.8) is 0 Å². The van der Waals surface area contributed by atoms with Crippen LogP contribution in [0.5, 0.6) is 0 Å². The molecule has 0 unspecified atom stereocenters. The molecular weight excluding hydrogens is 481 g/mol. The van der Waals surface area contributed by atoms with Gasteiger partial charge in [0.1, 0.15) is 6.10 Å². The Morgan fingerprint density at radius 3 is 2.39 bits per heavy atom. The number of carbonyl (C=O) groups excluding carboxylic acids is 2. The minimum Gasteiger partial charge on any atom is -0.550 e. The number of esters is 1. The van der Waals surface area contributed by atoms with Crippen molar-refractivity contribution in [2.75, 3.05) is 6.54 Å². The van der Waals surface area contributed by atoms with Crippen LogP contribution in [0.2, 0.25) is 0 Å². The van der Waals surface area contributed by atoms with E-state index in [4.69, 9.17) is 9.84 Å². The van der Waals surface area contributed by atoms with Gasteiger partial charge in [0.25, 0.3) is 0 Å². The summed E-state index contributed by atoms with van der Waals surface area (Å²) in [7, 11) is 0. The number of aliphatic carboxylic acids is 2. The van der Waals surface area contributed by atoms with Crippen LogP contribution in [0.25, 0.3) is 0 Å². The molecule has 0 bridgehead atoms. The minimum atomic E-state index is -1.35. The van der Waals surface area contributed by atoms with Gasteiger partial charge in [0.2, 0.25) is 0 Å². The first-order chi connectivity index (χ1) is 16.4. The number of fused-ring (bicyclic) bond motifs is 1. The molecule has 0 aromatic carbocycles. The number of rotatable bonds is 11. The molecule has 2 aliphatic carbocycles. The van der Waals surface area contributed by atoms with E-state index in [0.717, 1.165) is 5.57 Å². The van der Waals surface area contributed by atoms with E-state index < -0.39 is 42.8 Å². The fourth-order valence-corrected chi connectivity index (χ4v) is 4.51. The molecule has 0 fully saturated rings. The summed E-state index contributed by atoms with van der Waals surface area (Å²) in [6, 6.07) is 0. The number of hydrogen-bond donors (Lipinski definition) is 5. The summed E-state index contributed by atoms with van der Waals surface area (Å²) < 4.78 is 5.83. The molecule has 0 saturated carbocycles. The fraction of sp³-hybridized carbons (Fsp3) is 0.720. The second-order valence-electron chi connectivity index (χ2n) is 9.46. The third-order valence-corrected chi connectivity index (χ3v) is 6.61. The van der Waals surface area contributed by atoms with E-state index in [1.807, 2.05) is 26.0 Å². The summed E-state index contributed by atoms with van der Waals surface area (Å²) in [5, 5.41) is 48.4. The van der Waals surface area contributed by atoms with Crippen LogP contribution in [0.15, 0.2) is 23.8 Å². The number of aliphatic hydroxyl groups excluding tert-OH is 3. The van der Waals surface area contributed by atoms with Crippen LogP contribution in [0.1, 0.15) is 59.3 Å². The van der Waals surface area contributed by atoms with Crippen molar-refractivity contribution >= 4 is 17.9 Å². The molecule has 0 aliphatic heterocycles. The van der Waals surface area contributed by atoms with E-state index in [1.165, 1.54) is 0 Å². The predicted octanol–water partition coefficient (Wildman–Crippen LogP) is -2.86. The van der Waals surface area contributed by atoms with Crippen molar-refractivity contribution in [1.29, 1.82) is 0 Å². The number of hydrogen-bond acceptors (Lipinski definition) is 9. The predicted molar refractivity (Wildman–Crippen MR) is 126 cm³/mol. The Labute approximate surface area is 234 Å². The van der Waals surface area contributed by atoms with E-state index >= 15 is 0 Å². The van der Waals surface area contributed by atoms with E-state index in [1.54, 1.807) is 0 Å². The van der Waals surface area contributed by atoms with E-state index in [0.29, 0.717) is 25.7 Å².